The van der Waals surface area contributed by atoms with Gasteiger partial charge in [-0.3, -0.25) is 4.79 Å². The van der Waals surface area contributed by atoms with Crippen molar-refractivity contribution in [2.75, 3.05) is 6.61 Å². The number of halogens is 2. The van der Waals surface area contributed by atoms with Gasteiger partial charge in [-0.2, -0.15) is 0 Å². The van der Waals surface area contributed by atoms with E-state index in [1.165, 1.54) is 0 Å². The molecule has 232 valence electrons. The lowest BCUT2D eigenvalue weighted by Crippen LogP contribution is -2.12. The summed E-state index contributed by atoms with van der Waals surface area (Å²) in [4.78, 5) is 24.5. The van der Waals surface area contributed by atoms with Crippen LogP contribution in [0.3, 0.4) is 0 Å². The summed E-state index contributed by atoms with van der Waals surface area (Å²) in [6.07, 6.45) is 0. The highest BCUT2D eigenvalue weighted by molar-refractivity contribution is 7.90. The van der Waals surface area contributed by atoms with Crippen LogP contribution in [0.5, 0.6) is 5.75 Å². The van der Waals surface area contributed by atoms with Crippen molar-refractivity contribution in [2.24, 2.45) is 5.73 Å². The highest BCUT2D eigenvalue weighted by atomic mass is 35.5. The molecule has 0 unspecified atom stereocenters. The summed E-state index contributed by atoms with van der Waals surface area (Å²) < 4.78 is 34.5. The van der Waals surface area contributed by atoms with Gasteiger partial charge in [-0.25, -0.2) is 13.2 Å². The van der Waals surface area contributed by atoms with E-state index in [9.17, 15) is 23.1 Å². The molecule has 0 saturated heterocycles. The van der Waals surface area contributed by atoms with E-state index in [-0.39, 0.29) is 28.5 Å². The second-order valence-corrected chi connectivity index (χ2v) is 13.5. The lowest BCUT2D eigenvalue weighted by Gasteiger charge is -2.15. The number of nitrogens with zero attached hydrogens (tertiary/aromatic N) is 1. The zero-order chi connectivity index (χ0) is 32.6. The van der Waals surface area contributed by atoms with Crippen molar-refractivity contribution >= 4 is 66.7 Å². The normalized spacial score (nSPS) is 11.6. The maximum atomic E-state index is 13.4. The predicted molar refractivity (Wildman–Crippen MR) is 179 cm³/mol. The highest BCUT2D eigenvalue weighted by Crippen LogP contribution is 2.43. The molecule has 0 fully saturated rings. The average molecular weight is 674 g/mol. The van der Waals surface area contributed by atoms with Gasteiger partial charge in [0, 0.05) is 33.1 Å². The van der Waals surface area contributed by atoms with Crippen molar-refractivity contribution in [3.05, 3.63) is 130 Å². The second-order valence-electron chi connectivity index (χ2n) is 10.7. The third kappa shape index (κ3) is 6.04. The van der Waals surface area contributed by atoms with E-state index in [0.717, 1.165) is 5.56 Å². The fourth-order valence-electron chi connectivity index (χ4n) is 5.67. The van der Waals surface area contributed by atoms with E-state index in [4.69, 9.17) is 33.7 Å². The summed E-state index contributed by atoms with van der Waals surface area (Å²) in [7, 11) is -3.66. The van der Waals surface area contributed by atoms with Gasteiger partial charge >= 0.3 is 5.97 Å². The van der Waals surface area contributed by atoms with Crippen LogP contribution in [0.1, 0.15) is 21.5 Å². The van der Waals surface area contributed by atoms with Crippen molar-refractivity contribution < 1.29 is 27.9 Å². The van der Waals surface area contributed by atoms with Crippen LogP contribution in [0.25, 0.3) is 32.9 Å². The Morgan fingerprint density at radius 3 is 2.22 bits per heavy atom. The third-order valence-electron chi connectivity index (χ3n) is 7.71. The van der Waals surface area contributed by atoms with Gasteiger partial charge in [0.05, 0.1) is 27.1 Å². The van der Waals surface area contributed by atoms with Crippen LogP contribution in [-0.4, -0.2) is 36.6 Å². The van der Waals surface area contributed by atoms with Crippen LogP contribution < -0.4 is 10.5 Å². The molecule has 3 N–H and O–H groups in total. The van der Waals surface area contributed by atoms with Gasteiger partial charge < -0.3 is 20.1 Å². The molecule has 6 aromatic rings. The Morgan fingerprint density at radius 2 is 1.52 bits per heavy atom. The number of hydrogen-bond acceptors (Lipinski definition) is 5. The fraction of sp³-hybridized carbons (Fsp3) is 0.0857. The number of carbonyl (C=O) groups is 2. The Labute approximate surface area is 274 Å². The van der Waals surface area contributed by atoms with E-state index in [0.29, 0.717) is 48.5 Å². The number of carboxylic acids is 1. The fourth-order valence-corrected chi connectivity index (χ4v) is 7.62. The van der Waals surface area contributed by atoms with Crippen molar-refractivity contribution in [1.29, 1.82) is 0 Å². The van der Waals surface area contributed by atoms with Crippen molar-refractivity contribution in [1.82, 2.24) is 4.57 Å². The average Bonchev–Trinajstić information content (AvgIpc) is 3.34. The number of hydrogen-bond donors (Lipinski definition) is 2. The molecule has 0 aliphatic rings. The Hall–Kier alpha value is -4.83. The maximum absolute atomic E-state index is 13.4. The minimum atomic E-state index is -3.66. The topological polar surface area (TPSA) is 129 Å². The monoisotopic (exact) mass is 672 g/mol. The van der Waals surface area contributed by atoms with Crippen molar-refractivity contribution in [3.8, 4) is 16.9 Å². The quantitative estimate of drug-likeness (QED) is 0.157. The zero-order valence-electron chi connectivity index (χ0n) is 24.1. The van der Waals surface area contributed by atoms with Gasteiger partial charge in [0.1, 0.15) is 5.75 Å². The molecular formula is C35H26Cl2N2O6S. The molecule has 1 aromatic heterocycles. The number of ether oxygens (including phenoxy) is 1. The number of fused-ring (bicyclic) bond motifs is 3. The number of amides is 1. The van der Waals surface area contributed by atoms with Gasteiger partial charge in [-0.1, -0.05) is 77.8 Å². The Kier molecular flexibility index (Phi) is 8.48. The van der Waals surface area contributed by atoms with Crippen molar-refractivity contribution in [2.45, 2.75) is 17.2 Å². The standard InChI is InChI=1S/C35H26Cl2N2O6S/c36-24-13-14-26(28(37)17-24)23-15-30-34(31(16-23)45-19-32(40)41)33-27(35(38)42)11-6-12-29(33)39(30)18-21-7-4-5-8-22(21)20-46(43,44)25-9-2-1-3-10-25/h1-17H,18-20H2,(H2,38,42)(H,40,41). The Balaban J connectivity index is 1.61. The molecular weight excluding hydrogens is 647 g/mol. The SMILES string of the molecule is NC(=O)c1cccc2c1c1c(OCC(=O)O)cc(-c3ccc(Cl)cc3Cl)cc1n2Cc1ccccc1CS(=O)(=O)c1ccccc1. The first-order chi connectivity index (χ1) is 22.0. The number of aliphatic carboxylic acids is 1. The number of primary amides is 1. The molecule has 1 heterocycles. The summed E-state index contributed by atoms with van der Waals surface area (Å²) >= 11 is 12.8. The lowest BCUT2D eigenvalue weighted by molar-refractivity contribution is -0.139. The first kappa shape index (κ1) is 31.2. The molecule has 8 nitrogen and oxygen atoms in total. The van der Waals surface area contributed by atoms with Gasteiger partial charge in [0.15, 0.2) is 16.4 Å². The Morgan fingerprint density at radius 1 is 0.804 bits per heavy atom. The van der Waals surface area contributed by atoms with Crippen LogP contribution in [0, 0.1) is 0 Å². The first-order valence-electron chi connectivity index (χ1n) is 14.1. The number of benzene rings is 5. The summed E-state index contributed by atoms with van der Waals surface area (Å²) in [5.41, 5.74) is 9.82. The molecule has 0 saturated carbocycles. The predicted octanol–water partition coefficient (Wildman–Crippen LogP) is 7.35. The number of aromatic nitrogens is 1. The number of rotatable bonds is 10. The van der Waals surface area contributed by atoms with Crippen LogP contribution in [0.2, 0.25) is 10.0 Å². The molecule has 0 aliphatic heterocycles. The summed E-state index contributed by atoms with van der Waals surface area (Å²) in [5.74, 6) is -1.88. The van der Waals surface area contributed by atoms with Crippen LogP contribution in [0.4, 0.5) is 0 Å². The number of carboxylic acid groups (broad SMARTS) is 1. The summed E-state index contributed by atoms with van der Waals surface area (Å²) in [6, 6.07) is 29.2. The van der Waals surface area contributed by atoms with Gasteiger partial charge in [-0.05, 0) is 65.2 Å². The first-order valence-corrected chi connectivity index (χ1v) is 16.5. The molecule has 0 atom stereocenters. The zero-order valence-corrected chi connectivity index (χ0v) is 26.4. The van der Waals surface area contributed by atoms with Crippen LogP contribution in [0.15, 0.2) is 108 Å². The maximum Gasteiger partial charge on any atom is 0.341 e. The second kappa shape index (κ2) is 12.5. The number of carbonyl (C=O) groups excluding carboxylic acids is 1. The molecule has 0 radical (unpaired) electrons. The van der Waals surface area contributed by atoms with E-state index < -0.39 is 28.3 Å². The smallest absolute Gasteiger partial charge is 0.341 e. The lowest BCUT2D eigenvalue weighted by atomic mass is 10.0. The number of sulfone groups is 1. The molecule has 0 bridgehead atoms. The summed E-state index contributed by atoms with van der Waals surface area (Å²) in [5, 5.41) is 11.3. The molecule has 0 spiro atoms. The van der Waals surface area contributed by atoms with Crippen LogP contribution >= 0.6 is 23.2 Å². The number of nitrogens with two attached hydrogens (primary N) is 1. The van der Waals surface area contributed by atoms with E-state index in [1.807, 2.05) is 28.8 Å². The third-order valence-corrected chi connectivity index (χ3v) is 9.94. The minimum absolute atomic E-state index is 0.207. The van der Waals surface area contributed by atoms with Gasteiger partial charge in [0.2, 0.25) is 5.91 Å². The summed E-state index contributed by atoms with van der Waals surface area (Å²) in [6.45, 7) is -0.433. The van der Waals surface area contributed by atoms with E-state index in [1.54, 1.807) is 78.9 Å². The van der Waals surface area contributed by atoms with Crippen LogP contribution in [-0.2, 0) is 26.9 Å². The molecule has 0 aliphatic carbocycles. The molecule has 5 aromatic carbocycles. The van der Waals surface area contributed by atoms with Crippen molar-refractivity contribution in [3.63, 3.8) is 0 Å². The van der Waals surface area contributed by atoms with Gasteiger partial charge in [0.25, 0.3) is 0 Å². The van der Waals surface area contributed by atoms with E-state index in [2.05, 4.69) is 0 Å². The minimum Gasteiger partial charge on any atom is -0.481 e. The molecule has 1 amide bonds. The molecule has 46 heavy (non-hydrogen) atoms. The highest BCUT2D eigenvalue weighted by Gasteiger charge is 2.24. The van der Waals surface area contributed by atoms with E-state index >= 15 is 0 Å². The largest absolute Gasteiger partial charge is 0.481 e. The van der Waals surface area contributed by atoms with Gasteiger partial charge in [-0.15, -0.1) is 0 Å². The molecule has 6 rings (SSSR count). The molecule has 11 heteroatoms. The Bertz CT molecular complexity index is 2270.